The van der Waals surface area contributed by atoms with Gasteiger partial charge in [0.2, 0.25) is 0 Å². The predicted octanol–water partition coefficient (Wildman–Crippen LogP) is 16.7. The van der Waals surface area contributed by atoms with Crippen LogP contribution >= 0.6 is 11.8 Å². The molecule has 2 heteroatoms. The minimum atomic E-state index is -2.30. The van der Waals surface area contributed by atoms with Gasteiger partial charge in [0.05, 0.1) is 0 Å². The SMILES string of the molecule is [2H]C([2H])([2H])C1(C)Sc2ccccc2C(C)(c2ccc3c4ccccc4c4cc5c6ccccc6c6ccccc6c6ccccc6c5cc4c4ccccc4c3c2)Oc2ccccc21. The highest BCUT2D eigenvalue weighted by molar-refractivity contribution is 8.00. The zero-order chi connectivity index (χ0) is 43.4. The molecule has 1 aliphatic heterocycles. The van der Waals surface area contributed by atoms with E-state index in [1.54, 1.807) is 0 Å². The highest BCUT2D eigenvalue weighted by Crippen LogP contribution is 2.52. The van der Waals surface area contributed by atoms with Gasteiger partial charge in [-0.2, -0.15) is 0 Å². The van der Waals surface area contributed by atoms with Crippen molar-refractivity contribution >= 4 is 97.9 Å². The van der Waals surface area contributed by atoms with Gasteiger partial charge in [0.15, 0.2) is 5.60 Å². The molecule has 0 radical (unpaired) electrons. The molecule has 0 aliphatic carbocycles. The lowest BCUT2D eigenvalue weighted by Gasteiger charge is -2.39. The summed E-state index contributed by atoms with van der Waals surface area (Å²) in [5.41, 5.74) is 1.57. The Morgan fingerprint density at radius 2 is 0.705 bits per heavy atom. The van der Waals surface area contributed by atoms with Crippen LogP contribution in [0.5, 0.6) is 5.75 Å². The zero-order valence-electron chi connectivity index (χ0n) is 36.9. The first kappa shape index (κ1) is 32.9. The number of fused-ring (bicyclic) bond motifs is 18. The molecule has 0 N–H and O–H groups in total. The van der Waals surface area contributed by atoms with Crippen molar-refractivity contribution in [1.82, 2.24) is 0 Å². The van der Waals surface area contributed by atoms with Crippen LogP contribution in [0.1, 0.15) is 41.5 Å². The Morgan fingerprint density at radius 3 is 1.15 bits per heavy atom. The summed E-state index contributed by atoms with van der Waals surface area (Å²) in [7, 11) is 0. The maximum atomic E-state index is 8.78. The average molecular weight is 802 g/mol. The fourth-order valence-electron chi connectivity index (χ4n) is 10.2. The molecule has 0 fully saturated rings. The van der Waals surface area contributed by atoms with E-state index in [0.717, 1.165) is 43.0 Å². The summed E-state index contributed by atoms with van der Waals surface area (Å²) in [5.74, 6) is 0.568. The number of para-hydroxylation sites is 1. The van der Waals surface area contributed by atoms with Crippen LogP contribution in [0.25, 0.3) is 86.2 Å². The second-order valence-electron chi connectivity index (χ2n) is 16.7. The molecule has 61 heavy (non-hydrogen) atoms. The van der Waals surface area contributed by atoms with Crippen molar-refractivity contribution < 1.29 is 8.85 Å². The predicted molar refractivity (Wildman–Crippen MR) is 263 cm³/mol. The topological polar surface area (TPSA) is 9.23 Å². The average Bonchev–Trinajstić information content (AvgIpc) is 3.32. The molecule has 1 aliphatic rings. The van der Waals surface area contributed by atoms with Crippen molar-refractivity contribution in [3.63, 3.8) is 0 Å². The standard InChI is InChI=1S/C59H42OS/c1-58(2)54-28-14-16-30-56(54)60-59(3,55-29-15-17-31-57(55)61-58)37-32-33-48-42-22-8-11-25-45(42)52-35-50-43-23-9-6-20-40(43)38-18-4-5-19-39(38)41-21-7-10-24-44(41)51(50)36-53(52)47-27-13-12-26-46(47)49(48)34-37/h4-36H,1-3H3/i1D3. The number of hydrogen-bond acceptors (Lipinski definition) is 2. The molecule has 290 valence electrons. The van der Waals surface area contributed by atoms with E-state index in [4.69, 9.17) is 8.85 Å². The first-order chi connectivity index (χ1) is 31.1. The monoisotopic (exact) mass is 801 g/mol. The molecule has 2 atom stereocenters. The third-order valence-electron chi connectivity index (χ3n) is 13.1. The number of rotatable bonds is 1. The summed E-state index contributed by atoms with van der Waals surface area (Å²) in [6, 6.07) is 71.7. The Hall–Kier alpha value is -6.87. The van der Waals surface area contributed by atoms with Crippen molar-refractivity contribution in [2.45, 2.75) is 35.9 Å². The van der Waals surface area contributed by atoms with E-state index >= 15 is 0 Å². The van der Waals surface area contributed by atoms with Crippen molar-refractivity contribution in [2.24, 2.45) is 0 Å². The van der Waals surface area contributed by atoms with Crippen LogP contribution in [0, 0.1) is 0 Å². The lowest BCUT2D eigenvalue weighted by molar-refractivity contribution is 0.126. The normalized spacial score (nSPS) is 18.6. The van der Waals surface area contributed by atoms with Gasteiger partial charge in [-0.3, -0.25) is 0 Å². The molecule has 0 saturated heterocycles. The van der Waals surface area contributed by atoms with Gasteiger partial charge >= 0.3 is 0 Å². The summed E-state index contributed by atoms with van der Waals surface area (Å²) in [6.45, 7) is 1.65. The second kappa shape index (κ2) is 13.6. The van der Waals surface area contributed by atoms with Crippen LogP contribution < -0.4 is 4.74 Å². The molecule has 0 amide bonds. The van der Waals surface area contributed by atoms with Gasteiger partial charge in [0.1, 0.15) is 5.75 Å². The maximum Gasteiger partial charge on any atom is 0.157 e. The summed E-state index contributed by atoms with van der Waals surface area (Å²) >= 11 is 1.41. The van der Waals surface area contributed by atoms with Gasteiger partial charge in [-0.25, -0.2) is 0 Å². The molecule has 1 nitrogen and oxygen atoms in total. The van der Waals surface area contributed by atoms with Crippen LogP contribution in [0.4, 0.5) is 0 Å². The van der Waals surface area contributed by atoms with Gasteiger partial charge in [0, 0.05) is 30.4 Å². The summed E-state index contributed by atoms with van der Waals surface area (Å²) in [4.78, 5) is 0.880. The number of thioether (sulfide) groups is 1. The highest BCUT2D eigenvalue weighted by Gasteiger charge is 2.40. The smallest absolute Gasteiger partial charge is 0.157 e. The summed E-state index contributed by atoms with van der Waals surface area (Å²) in [5, 5.41) is 18.9. The fourth-order valence-corrected chi connectivity index (χ4v) is 11.5. The first-order valence-corrected chi connectivity index (χ1v) is 21.8. The fraction of sp³-hybridized carbons (Fsp3) is 0.0847. The highest BCUT2D eigenvalue weighted by atomic mass is 32.2. The molecule has 11 aromatic carbocycles. The van der Waals surface area contributed by atoms with Crippen molar-refractivity contribution in [1.29, 1.82) is 0 Å². The molecule has 1 heterocycles. The number of ether oxygens (including phenoxy) is 1. The molecule has 0 aromatic heterocycles. The summed E-state index contributed by atoms with van der Waals surface area (Å²) < 4.78 is 32.4. The third kappa shape index (κ3) is 5.49. The molecule has 0 saturated carbocycles. The van der Waals surface area contributed by atoms with Gasteiger partial charge < -0.3 is 4.74 Å². The molecular formula is C59H42OS. The molecular weight excluding hydrogens is 757 g/mol. The van der Waals surface area contributed by atoms with Crippen LogP contribution in [0.3, 0.4) is 0 Å². The maximum absolute atomic E-state index is 8.78. The van der Waals surface area contributed by atoms with E-state index in [1.165, 1.54) is 71.0 Å². The molecule has 11 aromatic rings. The number of hydrogen-bond donors (Lipinski definition) is 0. The largest absolute Gasteiger partial charge is 0.478 e. The minimum Gasteiger partial charge on any atom is -0.478 e. The van der Waals surface area contributed by atoms with E-state index in [0.29, 0.717) is 11.3 Å². The minimum absolute atomic E-state index is 0.568. The second-order valence-corrected chi connectivity index (χ2v) is 18.2. The lowest BCUT2D eigenvalue weighted by atomic mass is 9.84. The van der Waals surface area contributed by atoms with Crippen LogP contribution in [-0.2, 0) is 10.3 Å². The van der Waals surface area contributed by atoms with E-state index in [9.17, 15) is 0 Å². The molecule has 12 rings (SSSR count). The Morgan fingerprint density at radius 1 is 0.361 bits per heavy atom. The van der Waals surface area contributed by atoms with E-state index < -0.39 is 17.2 Å². The van der Waals surface area contributed by atoms with Gasteiger partial charge in [-0.1, -0.05) is 170 Å². The van der Waals surface area contributed by atoms with Crippen molar-refractivity contribution in [3.8, 4) is 5.75 Å². The van der Waals surface area contributed by atoms with Crippen molar-refractivity contribution in [2.75, 3.05) is 0 Å². The van der Waals surface area contributed by atoms with Crippen LogP contribution in [0.15, 0.2) is 205 Å². The quantitative estimate of drug-likeness (QED) is 0.164. The third-order valence-corrected chi connectivity index (χ3v) is 14.3. The van der Waals surface area contributed by atoms with Gasteiger partial charge in [0.25, 0.3) is 0 Å². The Labute approximate surface area is 363 Å². The lowest BCUT2D eigenvalue weighted by Crippen LogP contribution is -2.34. The summed E-state index contributed by atoms with van der Waals surface area (Å²) in [6.07, 6.45) is 0. The molecule has 0 spiro atoms. The van der Waals surface area contributed by atoms with E-state index in [2.05, 4.69) is 165 Å². The van der Waals surface area contributed by atoms with Crippen LogP contribution in [-0.4, -0.2) is 0 Å². The Balaban J connectivity index is 1.23. The van der Waals surface area contributed by atoms with Crippen LogP contribution in [0.2, 0.25) is 0 Å². The first-order valence-electron chi connectivity index (χ1n) is 22.5. The zero-order valence-corrected chi connectivity index (χ0v) is 34.7. The van der Waals surface area contributed by atoms with Gasteiger partial charge in [-0.15, -0.1) is 11.8 Å². The van der Waals surface area contributed by atoms with E-state index in [1.807, 2.05) is 49.4 Å². The molecule has 2 unspecified atom stereocenters. The van der Waals surface area contributed by atoms with E-state index in [-0.39, 0.29) is 0 Å². The van der Waals surface area contributed by atoms with Gasteiger partial charge in [-0.05, 0) is 137 Å². The number of benzene rings is 9. The Bertz CT molecular complexity index is 3840. The Kier molecular flexibility index (Phi) is 7.33. The molecule has 0 bridgehead atoms. The van der Waals surface area contributed by atoms with Crippen molar-refractivity contribution in [3.05, 3.63) is 217 Å².